The number of nitrogens with zero attached hydrogens (tertiary/aromatic N) is 2. The Morgan fingerprint density at radius 1 is 1.19 bits per heavy atom. The zero-order valence-electron chi connectivity index (χ0n) is 16.3. The molecule has 0 saturated carbocycles. The third kappa shape index (κ3) is 3.53. The molecule has 0 amide bonds. The van der Waals surface area contributed by atoms with E-state index < -0.39 is 11.9 Å². The molecule has 3 heterocycles. The van der Waals surface area contributed by atoms with Crippen molar-refractivity contribution in [1.29, 1.82) is 0 Å². The lowest BCUT2D eigenvalue weighted by Crippen LogP contribution is -2.36. The van der Waals surface area contributed by atoms with Crippen LogP contribution in [0.25, 0.3) is 10.9 Å². The van der Waals surface area contributed by atoms with E-state index in [0.29, 0.717) is 28.9 Å². The monoisotopic (exact) mass is 463 g/mol. The van der Waals surface area contributed by atoms with E-state index in [1.165, 1.54) is 0 Å². The molecule has 4 nitrogen and oxygen atoms in total. The van der Waals surface area contributed by atoms with Gasteiger partial charge in [-0.25, -0.2) is 4.98 Å². The molecular weight excluding hydrogens is 447 g/mol. The summed E-state index contributed by atoms with van der Waals surface area (Å²) in [5.41, 5.74) is 3.09. The molecule has 0 radical (unpaired) electrons. The minimum atomic E-state index is -4.47. The highest BCUT2D eigenvalue weighted by molar-refractivity contribution is 7.13. The first-order valence-electron chi connectivity index (χ1n) is 9.58. The molecule has 9 heteroatoms. The molecule has 1 N–H and O–H groups in total. The van der Waals surface area contributed by atoms with Crippen LogP contribution < -0.4 is 9.64 Å². The van der Waals surface area contributed by atoms with Crippen molar-refractivity contribution in [1.82, 2.24) is 9.97 Å². The van der Waals surface area contributed by atoms with Crippen molar-refractivity contribution < 1.29 is 17.9 Å². The molecule has 1 aliphatic heterocycles. The topological polar surface area (TPSA) is 41.1 Å². The summed E-state index contributed by atoms with van der Waals surface area (Å²) in [5, 5.41) is 3.10. The Hall–Kier alpha value is -2.71. The van der Waals surface area contributed by atoms with Gasteiger partial charge in [-0.2, -0.15) is 13.2 Å². The number of hydrogen-bond donors (Lipinski definition) is 1. The molecule has 4 aromatic rings. The highest BCUT2D eigenvalue weighted by Crippen LogP contribution is 2.43. The number of aromatic nitrogens is 2. The van der Waals surface area contributed by atoms with Crippen molar-refractivity contribution in [3.8, 4) is 5.75 Å². The Morgan fingerprint density at radius 2 is 1.97 bits per heavy atom. The number of fused-ring (bicyclic) bond motifs is 3. The van der Waals surface area contributed by atoms with Gasteiger partial charge in [0.1, 0.15) is 5.75 Å². The predicted molar refractivity (Wildman–Crippen MR) is 116 cm³/mol. The fourth-order valence-corrected chi connectivity index (χ4v) is 5.18. The van der Waals surface area contributed by atoms with Crippen LogP contribution in [0.5, 0.6) is 5.75 Å². The van der Waals surface area contributed by atoms with Crippen LogP contribution >= 0.6 is 22.9 Å². The van der Waals surface area contributed by atoms with Crippen molar-refractivity contribution >= 4 is 39.0 Å². The smallest absolute Gasteiger partial charge is 0.434 e. The van der Waals surface area contributed by atoms with E-state index in [0.717, 1.165) is 44.4 Å². The molecule has 0 saturated heterocycles. The Balaban J connectivity index is 1.66. The molecule has 2 aromatic carbocycles. The van der Waals surface area contributed by atoms with Crippen LogP contribution in [0.2, 0.25) is 5.02 Å². The quantitative estimate of drug-likeness (QED) is 0.379. The normalized spacial score (nSPS) is 16.5. The van der Waals surface area contributed by atoms with Crippen LogP contribution in [-0.2, 0) is 12.6 Å². The van der Waals surface area contributed by atoms with Gasteiger partial charge < -0.3 is 14.6 Å². The number of nitrogens with one attached hydrogen (secondary N) is 1. The summed E-state index contributed by atoms with van der Waals surface area (Å²) in [7, 11) is 1.59. The number of aromatic amines is 1. The molecule has 160 valence electrons. The SMILES string of the molecule is COc1ccc(C2c3[nH]c4ccc(Cl)cc4c3CCN2c2nc(C(F)(F)F)cs2)cc1. The third-order valence-electron chi connectivity index (χ3n) is 5.55. The number of H-pyrrole nitrogens is 1. The van der Waals surface area contributed by atoms with Crippen LogP contribution in [0.3, 0.4) is 0 Å². The Morgan fingerprint density at radius 3 is 2.65 bits per heavy atom. The van der Waals surface area contributed by atoms with Gasteiger partial charge in [0.05, 0.1) is 13.2 Å². The largest absolute Gasteiger partial charge is 0.497 e. The Kier molecular flexibility index (Phi) is 4.86. The van der Waals surface area contributed by atoms with Crippen molar-refractivity contribution in [2.45, 2.75) is 18.6 Å². The zero-order valence-corrected chi connectivity index (χ0v) is 17.9. The summed E-state index contributed by atoms with van der Waals surface area (Å²) in [4.78, 5) is 9.33. The fourth-order valence-electron chi connectivity index (χ4n) is 4.13. The summed E-state index contributed by atoms with van der Waals surface area (Å²) in [6.07, 6.45) is -3.80. The average Bonchev–Trinajstić information content (AvgIpc) is 3.38. The molecule has 2 aromatic heterocycles. The first kappa shape index (κ1) is 20.2. The lowest BCUT2D eigenvalue weighted by atomic mass is 9.92. The average molecular weight is 464 g/mol. The van der Waals surface area contributed by atoms with Gasteiger partial charge in [-0.1, -0.05) is 23.7 Å². The highest BCUT2D eigenvalue weighted by Gasteiger charge is 2.37. The maximum absolute atomic E-state index is 13.2. The number of rotatable bonds is 3. The van der Waals surface area contributed by atoms with Crippen LogP contribution in [-0.4, -0.2) is 23.6 Å². The van der Waals surface area contributed by atoms with E-state index in [1.807, 2.05) is 47.4 Å². The molecule has 31 heavy (non-hydrogen) atoms. The van der Waals surface area contributed by atoms with E-state index in [4.69, 9.17) is 16.3 Å². The maximum atomic E-state index is 13.2. The van der Waals surface area contributed by atoms with Crippen molar-refractivity contribution in [3.05, 3.63) is 75.4 Å². The number of benzene rings is 2. The second-order valence-corrected chi connectivity index (χ2v) is 8.61. The summed E-state index contributed by atoms with van der Waals surface area (Å²) in [5.74, 6) is 0.711. The number of methoxy groups -OCH3 is 1. The first-order valence-corrected chi connectivity index (χ1v) is 10.8. The van der Waals surface area contributed by atoms with Crippen LogP contribution in [0.1, 0.15) is 28.6 Å². The zero-order chi connectivity index (χ0) is 21.8. The number of thiazole rings is 1. The van der Waals surface area contributed by atoms with Gasteiger partial charge in [-0.3, -0.25) is 0 Å². The molecule has 5 rings (SSSR count). The summed E-state index contributed by atoms with van der Waals surface area (Å²) < 4.78 is 44.8. The number of hydrogen-bond acceptors (Lipinski definition) is 4. The minimum Gasteiger partial charge on any atom is -0.497 e. The van der Waals surface area contributed by atoms with Crippen molar-refractivity contribution in [2.24, 2.45) is 0 Å². The van der Waals surface area contributed by atoms with E-state index in [2.05, 4.69) is 9.97 Å². The minimum absolute atomic E-state index is 0.312. The molecular formula is C22H17ClF3N3OS. The predicted octanol–water partition coefficient (Wildman–Crippen LogP) is 6.46. The molecule has 0 spiro atoms. The molecule has 0 fully saturated rings. The van der Waals surface area contributed by atoms with Gasteiger partial charge in [-0.05, 0) is 47.9 Å². The van der Waals surface area contributed by atoms with Gasteiger partial charge in [0.15, 0.2) is 10.8 Å². The van der Waals surface area contributed by atoms with Gasteiger partial charge in [0, 0.05) is 33.5 Å². The molecule has 0 bridgehead atoms. The van der Waals surface area contributed by atoms with Gasteiger partial charge in [0.25, 0.3) is 0 Å². The first-order chi connectivity index (χ1) is 14.8. The third-order valence-corrected chi connectivity index (χ3v) is 6.66. The van der Waals surface area contributed by atoms with E-state index in [9.17, 15) is 13.2 Å². The maximum Gasteiger partial charge on any atom is 0.434 e. The second-order valence-electron chi connectivity index (χ2n) is 7.34. The standard InChI is InChI=1S/C22H17ClF3N3OS/c1-30-14-5-2-12(3-6-14)20-19-15(16-10-13(23)4-7-17(16)27-19)8-9-29(20)21-28-18(11-31-21)22(24,25)26/h2-7,10-11,20,27H,8-9H2,1H3. The van der Waals surface area contributed by atoms with E-state index >= 15 is 0 Å². The van der Waals surface area contributed by atoms with Gasteiger partial charge in [0.2, 0.25) is 0 Å². The molecule has 1 aliphatic rings. The van der Waals surface area contributed by atoms with E-state index in [-0.39, 0.29) is 6.04 Å². The Bertz CT molecular complexity index is 1250. The van der Waals surface area contributed by atoms with Gasteiger partial charge in [-0.15, -0.1) is 11.3 Å². The highest BCUT2D eigenvalue weighted by atomic mass is 35.5. The molecule has 1 atom stereocenters. The number of halogens is 4. The molecule has 0 aliphatic carbocycles. The van der Waals surface area contributed by atoms with Crippen molar-refractivity contribution in [3.63, 3.8) is 0 Å². The number of ether oxygens (including phenoxy) is 1. The van der Waals surface area contributed by atoms with Crippen LogP contribution in [0.15, 0.2) is 47.8 Å². The second kappa shape index (κ2) is 7.46. The lowest BCUT2D eigenvalue weighted by Gasteiger charge is -2.36. The summed E-state index contributed by atoms with van der Waals surface area (Å²) in [6, 6.07) is 12.9. The fraction of sp³-hybridized carbons (Fsp3) is 0.227. The van der Waals surface area contributed by atoms with Crippen LogP contribution in [0, 0.1) is 0 Å². The van der Waals surface area contributed by atoms with Crippen LogP contribution in [0.4, 0.5) is 18.3 Å². The van der Waals surface area contributed by atoms with Gasteiger partial charge >= 0.3 is 6.18 Å². The number of anilines is 1. The van der Waals surface area contributed by atoms with Crippen molar-refractivity contribution in [2.75, 3.05) is 18.6 Å². The lowest BCUT2D eigenvalue weighted by molar-refractivity contribution is -0.140. The molecule has 1 unspecified atom stereocenters. The summed E-state index contributed by atoms with van der Waals surface area (Å²) >= 11 is 7.23. The Labute approximate surface area is 185 Å². The summed E-state index contributed by atoms with van der Waals surface area (Å²) in [6.45, 7) is 0.536. The van der Waals surface area contributed by atoms with E-state index in [1.54, 1.807) is 7.11 Å². The number of alkyl halides is 3.